The van der Waals surface area contributed by atoms with E-state index < -0.39 is 17.5 Å². The maximum absolute atomic E-state index is 13.7. The summed E-state index contributed by atoms with van der Waals surface area (Å²) in [5.41, 5.74) is -0.248. The number of piperazine rings is 1. The van der Waals surface area contributed by atoms with Crippen LogP contribution in [-0.4, -0.2) is 43.5 Å². The molecule has 104 valence electrons. The molecule has 1 aliphatic heterocycles. The second-order valence-electron chi connectivity index (χ2n) is 4.62. The molecule has 0 aliphatic carbocycles. The second-order valence-corrected chi connectivity index (χ2v) is 5.03. The molecule has 1 aliphatic rings. The Morgan fingerprint density at radius 2 is 1.95 bits per heavy atom. The van der Waals surface area contributed by atoms with Gasteiger partial charge in [0.05, 0.1) is 43.3 Å². The molecule has 0 aromatic heterocycles. The number of hydrogen-bond acceptors (Lipinski definition) is 1. The van der Waals surface area contributed by atoms with Crippen LogP contribution in [0.3, 0.4) is 0 Å². The summed E-state index contributed by atoms with van der Waals surface area (Å²) >= 11 is 5.47. The van der Waals surface area contributed by atoms with Crippen molar-refractivity contribution < 1.29 is 18.5 Å². The molecule has 3 nitrogen and oxygen atoms in total. The van der Waals surface area contributed by atoms with Crippen LogP contribution in [0.4, 0.5) is 8.78 Å². The van der Waals surface area contributed by atoms with Gasteiger partial charge in [0.25, 0.3) is 5.91 Å². The van der Waals surface area contributed by atoms with Gasteiger partial charge in [-0.15, -0.1) is 0 Å². The fraction of sp³-hybridized carbons (Fsp3) is 0.462. The van der Waals surface area contributed by atoms with E-state index in [0.717, 1.165) is 19.6 Å². The molecule has 1 N–H and O–H groups in total. The fourth-order valence-corrected chi connectivity index (χ4v) is 2.39. The fourth-order valence-electron chi connectivity index (χ4n) is 2.24. The highest BCUT2D eigenvalue weighted by atomic mass is 35.5. The average Bonchev–Trinajstić information content (AvgIpc) is 2.44. The van der Waals surface area contributed by atoms with Crippen LogP contribution in [0.2, 0.25) is 5.02 Å². The lowest BCUT2D eigenvalue weighted by molar-refractivity contribution is -0.902. The van der Waals surface area contributed by atoms with Crippen molar-refractivity contribution >= 4 is 17.5 Å². The first-order valence-electron chi connectivity index (χ1n) is 6.31. The zero-order chi connectivity index (χ0) is 14.0. The van der Waals surface area contributed by atoms with E-state index in [1.54, 1.807) is 4.90 Å². The molecule has 2 rings (SSSR count). The van der Waals surface area contributed by atoms with Gasteiger partial charge in [-0.3, -0.25) is 4.79 Å². The standard InChI is InChI=1S/C13H15ClF2N2O/c1-2-17-5-7-18(8-6-17)13(19)9-3-4-10(14)12(16)11(9)15/h3-4H,2,5-8H2,1H3/p+1. The molecule has 1 heterocycles. The minimum Gasteiger partial charge on any atom is -0.332 e. The van der Waals surface area contributed by atoms with E-state index in [1.807, 2.05) is 0 Å². The Kier molecular flexibility index (Phi) is 4.37. The van der Waals surface area contributed by atoms with Gasteiger partial charge in [0.2, 0.25) is 0 Å². The number of halogens is 3. The van der Waals surface area contributed by atoms with Gasteiger partial charge in [-0.05, 0) is 19.1 Å². The highest BCUT2D eigenvalue weighted by molar-refractivity contribution is 6.30. The van der Waals surface area contributed by atoms with Gasteiger partial charge in [-0.2, -0.15) is 0 Å². The first kappa shape index (κ1) is 14.2. The van der Waals surface area contributed by atoms with E-state index in [9.17, 15) is 13.6 Å². The first-order valence-corrected chi connectivity index (χ1v) is 6.68. The van der Waals surface area contributed by atoms with Crippen LogP contribution in [-0.2, 0) is 0 Å². The maximum atomic E-state index is 13.7. The van der Waals surface area contributed by atoms with Crippen LogP contribution in [0.1, 0.15) is 17.3 Å². The van der Waals surface area contributed by atoms with Gasteiger partial charge < -0.3 is 9.80 Å². The zero-order valence-corrected chi connectivity index (χ0v) is 11.4. The largest absolute Gasteiger partial charge is 0.332 e. The van der Waals surface area contributed by atoms with E-state index in [-0.39, 0.29) is 10.6 Å². The number of amides is 1. The Hall–Kier alpha value is -1.20. The van der Waals surface area contributed by atoms with Crippen molar-refractivity contribution in [2.24, 2.45) is 0 Å². The maximum Gasteiger partial charge on any atom is 0.257 e. The Morgan fingerprint density at radius 1 is 1.32 bits per heavy atom. The van der Waals surface area contributed by atoms with E-state index >= 15 is 0 Å². The molecule has 1 aromatic rings. The summed E-state index contributed by atoms with van der Waals surface area (Å²) in [4.78, 5) is 15.1. The summed E-state index contributed by atoms with van der Waals surface area (Å²) in [5, 5.41) is -0.311. The van der Waals surface area contributed by atoms with Crippen molar-refractivity contribution in [2.75, 3.05) is 32.7 Å². The second kappa shape index (κ2) is 5.84. The summed E-state index contributed by atoms with van der Waals surface area (Å²) in [6.45, 7) is 5.88. The molecule has 0 radical (unpaired) electrons. The van der Waals surface area contributed by atoms with Crippen LogP contribution >= 0.6 is 11.6 Å². The smallest absolute Gasteiger partial charge is 0.257 e. The Balaban J connectivity index is 2.15. The third-order valence-corrected chi connectivity index (χ3v) is 3.82. The molecule has 1 fully saturated rings. The number of carbonyl (C=O) groups is 1. The predicted octanol–water partition coefficient (Wildman–Crippen LogP) is 0.979. The number of rotatable bonds is 2. The highest BCUT2D eigenvalue weighted by Gasteiger charge is 2.26. The first-order chi connectivity index (χ1) is 9.04. The summed E-state index contributed by atoms with van der Waals surface area (Å²) in [7, 11) is 0. The summed E-state index contributed by atoms with van der Waals surface area (Å²) in [5.74, 6) is -2.80. The molecule has 0 unspecified atom stereocenters. The van der Waals surface area contributed by atoms with Gasteiger partial charge in [0, 0.05) is 0 Å². The molecule has 19 heavy (non-hydrogen) atoms. The third kappa shape index (κ3) is 2.87. The number of benzene rings is 1. The third-order valence-electron chi connectivity index (χ3n) is 3.52. The van der Waals surface area contributed by atoms with Crippen LogP contribution in [0, 0.1) is 11.6 Å². The lowest BCUT2D eigenvalue weighted by atomic mass is 10.1. The van der Waals surface area contributed by atoms with Crippen molar-refractivity contribution in [1.29, 1.82) is 0 Å². The minimum absolute atomic E-state index is 0.248. The van der Waals surface area contributed by atoms with Gasteiger partial charge in [-0.25, -0.2) is 8.78 Å². The minimum atomic E-state index is -1.16. The number of quaternary nitrogens is 1. The highest BCUT2D eigenvalue weighted by Crippen LogP contribution is 2.21. The quantitative estimate of drug-likeness (QED) is 0.807. The number of carbonyl (C=O) groups excluding carboxylic acids is 1. The SMILES string of the molecule is CC[NH+]1CCN(C(=O)c2ccc(Cl)c(F)c2F)CC1. The summed E-state index contributed by atoms with van der Waals surface area (Å²) in [6.07, 6.45) is 0. The van der Waals surface area contributed by atoms with Crippen molar-refractivity contribution in [3.8, 4) is 0 Å². The summed E-state index contributed by atoms with van der Waals surface area (Å²) in [6, 6.07) is 2.45. The van der Waals surface area contributed by atoms with Crippen LogP contribution in [0.25, 0.3) is 0 Å². The molecular formula is C13H16ClF2N2O+. The monoisotopic (exact) mass is 289 g/mol. The Bertz CT molecular complexity index is 488. The summed E-state index contributed by atoms with van der Waals surface area (Å²) < 4.78 is 27.1. The van der Waals surface area contributed by atoms with Crippen molar-refractivity contribution in [3.05, 3.63) is 34.4 Å². The van der Waals surface area contributed by atoms with Crippen LogP contribution < -0.4 is 4.90 Å². The number of nitrogens with one attached hydrogen (secondary N) is 1. The van der Waals surface area contributed by atoms with Gasteiger partial charge in [0.1, 0.15) is 0 Å². The number of nitrogens with zero attached hydrogens (tertiary/aromatic N) is 1. The van der Waals surface area contributed by atoms with E-state index in [4.69, 9.17) is 11.6 Å². The van der Waals surface area contributed by atoms with Crippen molar-refractivity contribution in [3.63, 3.8) is 0 Å². The van der Waals surface area contributed by atoms with E-state index in [0.29, 0.717) is 13.1 Å². The van der Waals surface area contributed by atoms with E-state index in [2.05, 4.69) is 6.92 Å². The van der Waals surface area contributed by atoms with Crippen LogP contribution in [0.5, 0.6) is 0 Å². The van der Waals surface area contributed by atoms with Crippen molar-refractivity contribution in [2.45, 2.75) is 6.92 Å². The average molecular weight is 290 g/mol. The van der Waals surface area contributed by atoms with Gasteiger partial charge in [0.15, 0.2) is 11.6 Å². The molecule has 1 amide bonds. The number of hydrogen-bond donors (Lipinski definition) is 1. The lowest BCUT2D eigenvalue weighted by Gasteiger charge is -2.31. The normalized spacial score (nSPS) is 16.7. The van der Waals surface area contributed by atoms with Crippen LogP contribution in [0.15, 0.2) is 12.1 Å². The number of likely N-dealkylation sites (N-methyl/N-ethyl adjacent to an activating group) is 1. The molecule has 1 aromatic carbocycles. The molecule has 1 saturated heterocycles. The lowest BCUT2D eigenvalue weighted by Crippen LogP contribution is -3.14. The predicted molar refractivity (Wildman–Crippen MR) is 68.5 cm³/mol. The van der Waals surface area contributed by atoms with Crippen molar-refractivity contribution in [1.82, 2.24) is 4.90 Å². The Labute approximate surface area is 115 Å². The molecule has 6 heteroatoms. The van der Waals surface area contributed by atoms with Gasteiger partial charge in [-0.1, -0.05) is 11.6 Å². The molecular weight excluding hydrogens is 274 g/mol. The van der Waals surface area contributed by atoms with Gasteiger partial charge >= 0.3 is 0 Å². The molecule has 0 bridgehead atoms. The molecule has 0 spiro atoms. The topological polar surface area (TPSA) is 24.8 Å². The zero-order valence-electron chi connectivity index (χ0n) is 10.7. The molecule has 0 atom stereocenters. The Morgan fingerprint density at radius 3 is 2.53 bits per heavy atom. The molecule has 0 saturated carbocycles. The van der Waals surface area contributed by atoms with E-state index in [1.165, 1.54) is 17.0 Å².